The number of hydrogen-bond acceptors (Lipinski definition) is 3. The zero-order valence-corrected chi connectivity index (χ0v) is 10.7. The topological polar surface area (TPSA) is 41.5 Å². The van der Waals surface area contributed by atoms with Crippen molar-refractivity contribution < 1.29 is 14.2 Å². The number of aryl methyl sites for hydroxylation is 1. The lowest BCUT2D eigenvalue weighted by Crippen LogP contribution is -2.44. The molecule has 1 saturated heterocycles. The van der Waals surface area contributed by atoms with Crippen molar-refractivity contribution in [2.45, 2.75) is 31.9 Å². The van der Waals surface area contributed by atoms with Gasteiger partial charge >= 0.3 is 0 Å². The first-order valence-electron chi connectivity index (χ1n) is 6.35. The van der Waals surface area contributed by atoms with Crippen molar-refractivity contribution in [3.8, 4) is 0 Å². The van der Waals surface area contributed by atoms with Gasteiger partial charge in [0.2, 0.25) is 0 Å². The Balaban J connectivity index is 1.84. The highest BCUT2D eigenvalue weighted by Crippen LogP contribution is 2.19. The minimum Gasteiger partial charge on any atom is -0.388 e. The molecule has 1 aromatic carbocycles. The maximum absolute atomic E-state index is 12.9. The minimum absolute atomic E-state index is 0.209. The summed E-state index contributed by atoms with van der Waals surface area (Å²) in [4.78, 5) is 0. The fourth-order valence-electron chi connectivity index (χ4n) is 2.22. The third-order valence-electron chi connectivity index (χ3n) is 3.50. The summed E-state index contributed by atoms with van der Waals surface area (Å²) in [5, 5.41) is 13.5. The molecule has 1 aliphatic rings. The number of benzene rings is 1. The summed E-state index contributed by atoms with van der Waals surface area (Å²) < 4.78 is 18.2. The molecule has 0 aliphatic carbocycles. The zero-order valence-electron chi connectivity index (χ0n) is 10.7. The Labute approximate surface area is 107 Å². The standard InChI is InChI=1S/C14H20FNO2/c1-11-8-13(15)3-2-12(11)9-16-10-14(17)4-6-18-7-5-14/h2-3,8,16-17H,4-7,9-10H2,1H3. The molecule has 1 aromatic rings. The van der Waals surface area contributed by atoms with Gasteiger partial charge in [0.1, 0.15) is 5.82 Å². The number of ether oxygens (including phenoxy) is 1. The van der Waals surface area contributed by atoms with Crippen molar-refractivity contribution in [2.24, 2.45) is 0 Å². The van der Waals surface area contributed by atoms with E-state index in [0.29, 0.717) is 39.1 Å². The van der Waals surface area contributed by atoms with Crippen molar-refractivity contribution >= 4 is 0 Å². The normalized spacial score (nSPS) is 18.8. The Morgan fingerprint density at radius 2 is 2.11 bits per heavy atom. The van der Waals surface area contributed by atoms with E-state index in [1.165, 1.54) is 12.1 Å². The lowest BCUT2D eigenvalue weighted by molar-refractivity contribution is -0.0617. The van der Waals surface area contributed by atoms with E-state index in [-0.39, 0.29) is 5.82 Å². The highest BCUT2D eigenvalue weighted by atomic mass is 19.1. The molecule has 0 radical (unpaired) electrons. The van der Waals surface area contributed by atoms with E-state index in [4.69, 9.17) is 4.74 Å². The van der Waals surface area contributed by atoms with Crippen LogP contribution in [0.4, 0.5) is 4.39 Å². The molecule has 0 spiro atoms. The van der Waals surface area contributed by atoms with Crippen LogP contribution < -0.4 is 5.32 Å². The van der Waals surface area contributed by atoms with Gasteiger partial charge in [-0.15, -0.1) is 0 Å². The highest BCUT2D eigenvalue weighted by Gasteiger charge is 2.29. The third kappa shape index (κ3) is 3.51. The summed E-state index contributed by atoms with van der Waals surface area (Å²) in [5.74, 6) is -0.209. The SMILES string of the molecule is Cc1cc(F)ccc1CNCC1(O)CCOCC1. The van der Waals surface area contributed by atoms with Crippen LogP contribution in [-0.2, 0) is 11.3 Å². The van der Waals surface area contributed by atoms with Crippen molar-refractivity contribution in [3.63, 3.8) is 0 Å². The predicted molar refractivity (Wildman–Crippen MR) is 67.8 cm³/mol. The Kier molecular flexibility index (Phi) is 4.32. The van der Waals surface area contributed by atoms with Gasteiger partial charge in [-0.2, -0.15) is 0 Å². The first-order chi connectivity index (χ1) is 8.59. The molecule has 18 heavy (non-hydrogen) atoms. The van der Waals surface area contributed by atoms with Crippen LogP contribution in [0.1, 0.15) is 24.0 Å². The van der Waals surface area contributed by atoms with Gasteiger partial charge in [0.15, 0.2) is 0 Å². The van der Waals surface area contributed by atoms with E-state index in [9.17, 15) is 9.50 Å². The molecule has 0 bridgehead atoms. The highest BCUT2D eigenvalue weighted by molar-refractivity contribution is 5.26. The fourth-order valence-corrected chi connectivity index (χ4v) is 2.22. The monoisotopic (exact) mass is 253 g/mol. The molecule has 0 unspecified atom stereocenters. The molecule has 1 aliphatic heterocycles. The zero-order chi connectivity index (χ0) is 13.0. The van der Waals surface area contributed by atoms with Crippen LogP contribution >= 0.6 is 0 Å². The van der Waals surface area contributed by atoms with Crippen LogP contribution in [0.2, 0.25) is 0 Å². The molecular formula is C14H20FNO2. The Morgan fingerprint density at radius 1 is 1.39 bits per heavy atom. The summed E-state index contributed by atoms with van der Waals surface area (Å²) >= 11 is 0. The number of nitrogens with one attached hydrogen (secondary N) is 1. The molecule has 2 N–H and O–H groups in total. The van der Waals surface area contributed by atoms with Crippen molar-refractivity contribution in [1.29, 1.82) is 0 Å². The first kappa shape index (κ1) is 13.5. The smallest absolute Gasteiger partial charge is 0.123 e. The van der Waals surface area contributed by atoms with Crippen LogP contribution in [0, 0.1) is 12.7 Å². The number of rotatable bonds is 4. The number of hydrogen-bond donors (Lipinski definition) is 2. The van der Waals surface area contributed by atoms with E-state index in [1.807, 2.05) is 6.92 Å². The number of aliphatic hydroxyl groups is 1. The van der Waals surface area contributed by atoms with Gasteiger partial charge in [0.25, 0.3) is 0 Å². The van der Waals surface area contributed by atoms with Crippen molar-refractivity contribution in [1.82, 2.24) is 5.32 Å². The molecule has 0 aromatic heterocycles. The minimum atomic E-state index is -0.661. The van der Waals surface area contributed by atoms with Crippen LogP contribution in [0.25, 0.3) is 0 Å². The lowest BCUT2D eigenvalue weighted by atomic mass is 9.94. The second kappa shape index (κ2) is 5.78. The fraction of sp³-hybridized carbons (Fsp3) is 0.571. The second-order valence-electron chi connectivity index (χ2n) is 5.01. The molecule has 3 nitrogen and oxygen atoms in total. The second-order valence-corrected chi connectivity index (χ2v) is 5.01. The first-order valence-corrected chi connectivity index (χ1v) is 6.35. The average molecular weight is 253 g/mol. The van der Waals surface area contributed by atoms with Crippen LogP contribution in [0.5, 0.6) is 0 Å². The summed E-state index contributed by atoms with van der Waals surface area (Å²) in [6.07, 6.45) is 1.34. The lowest BCUT2D eigenvalue weighted by Gasteiger charge is -2.32. The van der Waals surface area contributed by atoms with Gasteiger partial charge in [-0.25, -0.2) is 4.39 Å². The molecule has 0 saturated carbocycles. The Bertz CT molecular complexity index is 403. The molecule has 0 atom stereocenters. The summed E-state index contributed by atoms with van der Waals surface area (Å²) in [6, 6.07) is 4.78. The van der Waals surface area contributed by atoms with Gasteiger partial charge in [-0.05, 0) is 30.2 Å². The average Bonchev–Trinajstić information content (AvgIpc) is 2.33. The van der Waals surface area contributed by atoms with E-state index in [2.05, 4.69) is 5.32 Å². The Morgan fingerprint density at radius 3 is 2.78 bits per heavy atom. The predicted octanol–water partition coefficient (Wildman–Crippen LogP) is 1.77. The van der Waals surface area contributed by atoms with Gasteiger partial charge in [0.05, 0.1) is 5.60 Å². The van der Waals surface area contributed by atoms with E-state index in [1.54, 1.807) is 6.07 Å². The molecule has 100 valence electrons. The van der Waals surface area contributed by atoms with Crippen LogP contribution in [0.3, 0.4) is 0 Å². The van der Waals surface area contributed by atoms with Gasteiger partial charge in [-0.3, -0.25) is 0 Å². The quantitative estimate of drug-likeness (QED) is 0.859. The maximum Gasteiger partial charge on any atom is 0.123 e. The molecule has 4 heteroatoms. The Hall–Kier alpha value is -0.970. The largest absolute Gasteiger partial charge is 0.388 e. The molecule has 0 amide bonds. The van der Waals surface area contributed by atoms with Gasteiger partial charge in [0, 0.05) is 39.1 Å². The van der Waals surface area contributed by atoms with E-state index < -0.39 is 5.60 Å². The maximum atomic E-state index is 12.9. The van der Waals surface area contributed by atoms with E-state index in [0.717, 1.165) is 11.1 Å². The van der Waals surface area contributed by atoms with Gasteiger partial charge in [-0.1, -0.05) is 6.07 Å². The van der Waals surface area contributed by atoms with E-state index >= 15 is 0 Å². The van der Waals surface area contributed by atoms with Crippen molar-refractivity contribution in [2.75, 3.05) is 19.8 Å². The third-order valence-corrected chi connectivity index (χ3v) is 3.50. The summed E-state index contributed by atoms with van der Waals surface area (Å²) in [5.41, 5.74) is 1.33. The molecular weight excluding hydrogens is 233 g/mol. The van der Waals surface area contributed by atoms with Crippen LogP contribution in [0.15, 0.2) is 18.2 Å². The molecule has 2 rings (SSSR count). The van der Waals surface area contributed by atoms with Crippen LogP contribution in [-0.4, -0.2) is 30.5 Å². The summed E-state index contributed by atoms with van der Waals surface area (Å²) in [7, 11) is 0. The molecule has 1 fully saturated rings. The van der Waals surface area contributed by atoms with Crippen molar-refractivity contribution in [3.05, 3.63) is 35.1 Å². The van der Waals surface area contributed by atoms with Gasteiger partial charge < -0.3 is 15.2 Å². The number of halogens is 1. The molecule has 1 heterocycles. The summed E-state index contributed by atoms with van der Waals surface area (Å²) in [6.45, 7) is 4.33.